The van der Waals surface area contributed by atoms with Gasteiger partial charge in [0.1, 0.15) is 23.0 Å². The fraction of sp³-hybridized carbons (Fsp3) is 0.108. The molecule has 9 aromatic carbocycles. The van der Waals surface area contributed by atoms with Crippen LogP contribution in [0.2, 0.25) is 0 Å². The van der Waals surface area contributed by atoms with E-state index in [0.29, 0.717) is 51.4 Å². The summed E-state index contributed by atoms with van der Waals surface area (Å²) in [5.41, 5.74) is 14.6. The summed E-state index contributed by atoms with van der Waals surface area (Å²) < 4.78 is 26.6. The lowest BCUT2D eigenvalue weighted by Gasteiger charge is -2.10. The highest BCUT2D eigenvalue weighted by atomic mass is 16.6. The summed E-state index contributed by atoms with van der Waals surface area (Å²) in [6, 6.07) is 66.0. The molecule has 1 heterocycles. The van der Waals surface area contributed by atoms with Crippen molar-refractivity contribution in [2.24, 2.45) is 0 Å². The third-order valence-corrected chi connectivity index (χ3v) is 12.9. The number of hydrogen-bond acceptors (Lipinski definition) is 9. The van der Waals surface area contributed by atoms with E-state index in [1.54, 1.807) is 116 Å². The molecule has 0 saturated carbocycles. The molecule has 9 nitrogen and oxygen atoms in total. The van der Waals surface area contributed by atoms with Crippen molar-refractivity contribution in [1.29, 1.82) is 0 Å². The third-order valence-electron chi connectivity index (χ3n) is 12.9. The van der Waals surface area contributed by atoms with Gasteiger partial charge in [-0.25, -0.2) is 19.2 Å². The highest BCUT2D eigenvalue weighted by Gasteiger charge is 2.22. The largest absolute Gasteiger partial charge is 0.423 e. The van der Waals surface area contributed by atoms with E-state index < -0.39 is 11.9 Å². The maximum absolute atomic E-state index is 12.3. The third kappa shape index (κ3) is 19.8. The molecule has 10 rings (SSSR count). The lowest BCUT2D eigenvalue weighted by molar-refractivity contribution is -0.128. The normalized spacial score (nSPS) is 11.8. The number of hydrogen-bond donors (Lipinski definition) is 0. The predicted molar refractivity (Wildman–Crippen MR) is 334 cm³/mol. The van der Waals surface area contributed by atoms with Gasteiger partial charge >= 0.3 is 23.9 Å². The van der Waals surface area contributed by atoms with E-state index in [-0.39, 0.29) is 11.9 Å². The van der Waals surface area contributed by atoms with Crippen molar-refractivity contribution in [3.8, 4) is 34.1 Å². The minimum atomic E-state index is -0.459. The van der Waals surface area contributed by atoms with Gasteiger partial charge in [0.05, 0.1) is 29.4 Å². The first-order valence-electron chi connectivity index (χ1n) is 27.0. The van der Waals surface area contributed by atoms with Crippen molar-refractivity contribution in [3.05, 3.63) is 310 Å². The molecule has 1 unspecified atom stereocenters. The second-order valence-corrected chi connectivity index (χ2v) is 19.6. The van der Waals surface area contributed by atoms with Crippen molar-refractivity contribution >= 4 is 48.2 Å². The Kier molecular flexibility index (Phi) is 22.1. The van der Waals surface area contributed by atoms with E-state index in [2.05, 4.69) is 75.2 Å². The second-order valence-electron chi connectivity index (χ2n) is 19.6. The standard InChI is InChI=1S/C24H20O4.C18H16O2.C17H16O3.C15H14/c1-4-18-7-11-20(12-8-18)23(25)27-21-13-14-22(17(3)15-21)28-24(26)19-9-5-16(2)6-10-19;1-3-15-6-8-16(9-7-15)10-13-18(19)20-17-11-4-14(2)5-12-17;1-12-2-8-15(9-3-12)20-17(18)14-6-4-13(5-7-14)10-16-11-19-16;1-3-13-6-10-15(11-7-13)14-8-4-12(2)5-9-14/h4-15H,1H2,2-3H3;3-13H,1H2,2H3;2-9,16H,10-11H2,1H3;3-11H,1H2,2H3/b;13-10+;;. The summed E-state index contributed by atoms with van der Waals surface area (Å²) in [7, 11) is 0. The summed E-state index contributed by atoms with van der Waals surface area (Å²) >= 11 is 0. The Morgan fingerprint density at radius 1 is 0.422 bits per heavy atom. The van der Waals surface area contributed by atoms with Crippen LogP contribution in [0, 0.1) is 34.6 Å². The van der Waals surface area contributed by atoms with E-state index in [9.17, 15) is 19.2 Å². The van der Waals surface area contributed by atoms with Gasteiger partial charge in [0.25, 0.3) is 0 Å². The molecule has 83 heavy (non-hydrogen) atoms. The number of rotatable bonds is 15. The molecule has 0 radical (unpaired) electrons. The average Bonchev–Trinajstić information content (AvgIpc) is 4.35. The number of esters is 4. The Morgan fingerprint density at radius 3 is 1.23 bits per heavy atom. The Labute approximate surface area is 487 Å². The molecule has 0 spiro atoms. The molecule has 416 valence electrons. The van der Waals surface area contributed by atoms with Gasteiger partial charge in [-0.3, -0.25) is 0 Å². The van der Waals surface area contributed by atoms with Crippen LogP contribution in [0.25, 0.3) is 35.4 Å². The van der Waals surface area contributed by atoms with Crippen molar-refractivity contribution in [3.63, 3.8) is 0 Å². The number of benzene rings is 9. The van der Waals surface area contributed by atoms with Gasteiger partial charge < -0.3 is 23.7 Å². The summed E-state index contributed by atoms with van der Waals surface area (Å²) in [6.07, 6.45) is 9.76. The van der Waals surface area contributed by atoms with E-state index in [4.69, 9.17) is 23.7 Å². The summed E-state index contributed by atoms with van der Waals surface area (Å²) in [5, 5.41) is 0. The van der Waals surface area contributed by atoms with Gasteiger partial charge in [0.15, 0.2) is 0 Å². The number of carbonyl (C=O) groups excluding carboxylic acids is 4. The molecular formula is C74H66O9. The SMILES string of the molecule is C=Cc1ccc(-c2ccc(C)cc2)cc1.C=Cc1ccc(/C=C/C(=O)Oc2ccc(C)cc2)cc1.C=Cc1ccc(C(=O)Oc2ccc(OC(=O)c3ccc(C)cc3)c(C)c2)cc1.Cc1ccc(OC(=O)c2ccc(CC3CO3)cc2)cc1. The van der Waals surface area contributed by atoms with Gasteiger partial charge in [0.2, 0.25) is 0 Å². The fourth-order valence-corrected chi connectivity index (χ4v) is 7.79. The maximum atomic E-state index is 12.3. The van der Waals surface area contributed by atoms with Gasteiger partial charge in [-0.15, -0.1) is 0 Å². The molecule has 0 N–H and O–H groups in total. The number of aryl methyl sites for hydroxylation is 5. The van der Waals surface area contributed by atoms with Gasteiger partial charge in [0, 0.05) is 12.5 Å². The topological polar surface area (TPSA) is 118 Å². The minimum absolute atomic E-state index is 0.330. The molecule has 0 amide bonds. The molecule has 1 fully saturated rings. The molecule has 1 saturated heterocycles. The van der Waals surface area contributed by atoms with Crippen molar-refractivity contribution in [1.82, 2.24) is 0 Å². The predicted octanol–water partition coefficient (Wildman–Crippen LogP) is 17.1. The lowest BCUT2D eigenvalue weighted by Crippen LogP contribution is -2.10. The second kappa shape index (κ2) is 30.4. The van der Waals surface area contributed by atoms with Crippen LogP contribution in [-0.4, -0.2) is 36.6 Å². The molecule has 1 aliphatic heterocycles. The van der Waals surface area contributed by atoms with E-state index in [1.165, 1.54) is 28.3 Å². The Morgan fingerprint density at radius 2 is 0.771 bits per heavy atom. The zero-order valence-corrected chi connectivity index (χ0v) is 47.4. The molecule has 0 bridgehead atoms. The van der Waals surface area contributed by atoms with Crippen LogP contribution in [-0.2, 0) is 16.0 Å². The monoisotopic (exact) mass is 1100 g/mol. The molecule has 9 aromatic rings. The molecule has 9 heteroatoms. The van der Waals surface area contributed by atoms with E-state index in [0.717, 1.165) is 52.0 Å². The highest BCUT2D eigenvalue weighted by Crippen LogP contribution is 2.26. The van der Waals surface area contributed by atoms with Crippen LogP contribution in [0.4, 0.5) is 0 Å². The van der Waals surface area contributed by atoms with Crippen LogP contribution in [0.3, 0.4) is 0 Å². The van der Waals surface area contributed by atoms with Crippen molar-refractivity contribution < 1.29 is 42.9 Å². The van der Waals surface area contributed by atoms with Crippen LogP contribution >= 0.6 is 0 Å². The van der Waals surface area contributed by atoms with E-state index >= 15 is 0 Å². The number of carbonyl (C=O) groups is 4. The molecular weight excluding hydrogens is 1030 g/mol. The molecule has 1 aliphatic rings. The van der Waals surface area contributed by atoms with Crippen molar-refractivity contribution in [2.75, 3.05) is 6.61 Å². The highest BCUT2D eigenvalue weighted by molar-refractivity contribution is 5.93. The Bertz CT molecular complexity index is 3650. The van der Waals surface area contributed by atoms with Crippen LogP contribution in [0.5, 0.6) is 23.0 Å². The lowest BCUT2D eigenvalue weighted by atomic mass is 10.0. The first kappa shape index (κ1) is 60.4. The van der Waals surface area contributed by atoms with Crippen LogP contribution in [0.15, 0.2) is 238 Å². The first-order chi connectivity index (χ1) is 40.1. The van der Waals surface area contributed by atoms with Gasteiger partial charge in [-0.1, -0.05) is 194 Å². The fourth-order valence-electron chi connectivity index (χ4n) is 7.79. The minimum Gasteiger partial charge on any atom is -0.423 e. The Balaban J connectivity index is 0.000000163. The maximum Gasteiger partial charge on any atom is 0.343 e. The number of ether oxygens (including phenoxy) is 5. The van der Waals surface area contributed by atoms with Gasteiger partial charge in [-0.2, -0.15) is 0 Å². The summed E-state index contributed by atoms with van der Waals surface area (Å²) in [6.45, 7) is 21.8. The zero-order chi connectivity index (χ0) is 59.1. The van der Waals surface area contributed by atoms with Crippen LogP contribution in [0.1, 0.15) is 86.7 Å². The summed E-state index contributed by atoms with van der Waals surface area (Å²) in [4.78, 5) is 48.2. The zero-order valence-electron chi connectivity index (χ0n) is 47.4. The molecule has 0 aromatic heterocycles. The smallest absolute Gasteiger partial charge is 0.343 e. The van der Waals surface area contributed by atoms with Crippen LogP contribution < -0.4 is 18.9 Å². The van der Waals surface area contributed by atoms with Gasteiger partial charge in [-0.05, 0) is 164 Å². The molecule has 0 aliphatic carbocycles. The Hall–Kier alpha value is -10.2. The average molecular weight is 1100 g/mol. The first-order valence-corrected chi connectivity index (χ1v) is 27.0. The van der Waals surface area contributed by atoms with Crippen molar-refractivity contribution in [2.45, 2.75) is 47.1 Å². The van der Waals surface area contributed by atoms with E-state index in [1.807, 2.05) is 99.6 Å². The number of epoxide rings is 1. The molecule has 1 atom stereocenters. The summed E-state index contributed by atoms with van der Waals surface area (Å²) in [5.74, 6) is 0.300. The quantitative estimate of drug-likeness (QED) is 0.0428.